The van der Waals surface area contributed by atoms with Crippen molar-refractivity contribution in [2.45, 2.75) is 6.92 Å². The summed E-state index contributed by atoms with van der Waals surface area (Å²) in [6, 6.07) is 14.2. The first kappa shape index (κ1) is 14.7. The highest BCUT2D eigenvalue weighted by Gasteiger charge is 2.07. The summed E-state index contributed by atoms with van der Waals surface area (Å²) in [6.07, 6.45) is 2.61. The maximum Gasteiger partial charge on any atom is 0.271 e. The lowest BCUT2D eigenvalue weighted by Crippen LogP contribution is -2.19. The molecule has 3 rings (SSSR count). The molecule has 0 spiro atoms. The van der Waals surface area contributed by atoms with Gasteiger partial charge < -0.3 is 4.42 Å². The number of rotatable bonds is 3. The molecule has 0 aliphatic carbocycles. The third-order valence-electron chi connectivity index (χ3n) is 3.47. The quantitative estimate of drug-likeness (QED) is 0.597. The molecule has 0 unspecified atom stereocenters. The summed E-state index contributed by atoms with van der Waals surface area (Å²) in [6.45, 7) is 1.84. The standard InChI is InChI=1S/C18H14N2O3/c1-12-6-2-3-7-14(12)18(22)20-19-10-13-11-23-16-9-5-4-8-15(16)17(13)21/h2-11H,1H3,(H,20,22)/b19-10-. The zero-order chi connectivity index (χ0) is 16.2. The number of carbonyl (C=O) groups excluding carboxylic acids is 1. The van der Waals surface area contributed by atoms with Crippen LogP contribution >= 0.6 is 0 Å². The molecule has 114 valence electrons. The molecule has 0 fully saturated rings. The molecule has 1 amide bonds. The summed E-state index contributed by atoms with van der Waals surface area (Å²) in [7, 11) is 0. The van der Waals surface area contributed by atoms with Crippen molar-refractivity contribution in [1.29, 1.82) is 0 Å². The summed E-state index contributed by atoms with van der Waals surface area (Å²) >= 11 is 0. The number of fused-ring (bicyclic) bond motifs is 1. The molecule has 0 saturated carbocycles. The molecule has 1 N–H and O–H groups in total. The van der Waals surface area contributed by atoms with Gasteiger partial charge in [0.1, 0.15) is 11.8 Å². The van der Waals surface area contributed by atoms with Crippen molar-refractivity contribution in [1.82, 2.24) is 5.43 Å². The first-order chi connectivity index (χ1) is 11.2. The lowest BCUT2D eigenvalue weighted by molar-refractivity contribution is 0.0954. The van der Waals surface area contributed by atoms with Gasteiger partial charge in [0.15, 0.2) is 0 Å². The minimum atomic E-state index is -0.329. The average molecular weight is 306 g/mol. The molecule has 3 aromatic rings. The van der Waals surface area contributed by atoms with E-state index in [1.165, 1.54) is 12.5 Å². The van der Waals surface area contributed by atoms with Crippen LogP contribution in [0.2, 0.25) is 0 Å². The Morgan fingerprint density at radius 3 is 2.70 bits per heavy atom. The molecule has 5 nitrogen and oxygen atoms in total. The van der Waals surface area contributed by atoms with Crippen LogP contribution in [0.3, 0.4) is 0 Å². The molecule has 0 aliphatic heterocycles. The van der Waals surface area contributed by atoms with Crippen LogP contribution in [-0.2, 0) is 0 Å². The Hall–Kier alpha value is -3.21. The van der Waals surface area contributed by atoms with Crippen LogP contribution < -0.4 is 10.9 Å². The van der Waals surface area contributed by atoms with Crippen LogP contribution in [0.1, 0.15) is 21.5 Å². The van der Waals surface area contributed by atoms with Gasteiger partial charge in [-0.15, -0.1) is 0 Å². The van der Waals surface area contributed by atoms with Gasteiger partial charge in [0.2, 0.25) is 5.43 Å². The van der Waals surface area contributed by atoms with Crippen LogP contribution in [0.5, 0.6) is 0 Å². The van der Waals surface area contributed by atoms with Crippen molar-refractivity contribution in [2.24, 2.45) is 5.10 Å². The number of amides is 1. The molecule has 23 heavy (non-hydrogen) atoms. The predicted octanol–water partition coefficient (Wildman–Crippen LogP) is 2.87. The SMILES string of the molecule is Cc1ccccc1C(=O)N/N=C\c1coc2ccccc2c1=O. The van der Waals surface area contributed by atoms with E-state index < -0.39 is 0 Å². The fraction of sp³-hybridized carbons (Fsp3) is 0.0556. The van der Waals surface area contributed by atoms with Gasteiger partial charge in [-0.3, -0.25) is 9.59 Å². The van der Waals surface area contributed by atoms with Gasteiger partial charge >= 0.3 is 0 Å². The molecule has 2 aromatic carbocycles. The fourth-order valence-corrected chi connectivity index (χ4v) is 2.23. The molecule has 5 heteroatoms. The molecule has 0 radical (unpaired) electrons. The molecule has 1 heterocycles. The molecule has 0 aliphatic rings. The van der Waals surface area contributed by atoms with Crippen molar-refractivity contribution in [3.8, 4) is 0 Å². The van der Waals surface area contributed by atoms with Crippen LogP contribution in [0.15, 0.2) is 69.1 Å². The van der Waals surface area contributed by atoms with Gasteiger partial charge in [-0.2, -0.15) is 5.10 Å². The van der Waals surface area contributed by atoms with Gasteiger partial charge in [0.25, 0.3) is 5.91 Å². The predicted molar refractivity (Wildman–Crippen MR) is 88.7 cm³/mol. The molecule has 1 aromatic heterocycles. The van der Waals surface area contributed by atoms with Crippen molar-refractivity contribution < 1.29 is 9.21 Å². The smallest absolute Gasteiger partial charge is 0.271 e. The Kier molecular flexibility index (Phi) is 4.01. The van der Waals surface area contributed by atoms with Gasteiger partial charge in [0.05, 0.1) is 17.2 Å². The molecular weight excluding hydrogens is 292 g/mol. The van der Waals surface area contributed by atoms with Gasteiger partial charge in [-0.1, -0.05) is 30.3 Å². The maximum absolute atomic E-state index is 12.3. The van der Waals surface area contributed by atoms with Gasteiger partial charge in [0, 0.05) is 5.56 Å². The number of nitrogens with zero attached hydrogens (tertiary/aromatic N) is 1. The van der Waals surface area contributed by atoms with E-state index in [0.29, 0.717) is 16.5 Å². The number of para-hydroxylation sites is 1. The van der Waals surface area contributed by atoms with E-state index in [1.54, 1.807) is 36.4 Å². The first-order valence-electron chi connectivity index (χ1n) is 7.06. The van der Waals surface area contributed by atoms with Crippen LogP contribution in [0.4, 0.5) is 0 Å². The van der Waals surface area contributed by atoms with Crippen LogP contribution in [-0.4, -0.2) is 12.1 Å². The second-order valence-corrected chi connectivity index (χ2v) is 5.03. The number of hydrazone groups is 1. The van der Waals surface area contributed by atoms with E-state index in [1.807, 2.05) is 19.1 Å². The Labute approximate surface area is 132 Å². The minimum absolute atomic E-state index is 0.194. The third-order valence-corrected chi connectivity index (χ3v) is 3.47. The highest BCUT2D eigenvalue weighted by atomic mass is 16.3. The largest absolute Gasteiger partial charge is 0.463 e. The number of nitrogens with one attached hydrogen (secondary N) is 1. The monoisotopic (exact) mass is 306 g/mol. The highest BCUT2D eigenvalue weighted by molar-refractivity contribution is 5.96. The third kappa shape index (κ3) is 3.03. The Bertz CT molecular complexity index is 958. The highest BCUT2D eigenvalue weighted by Crippen LogP contribution is 2.09. The minimum Gasteiger partial charge on any atom is -0.463 e. The lowest BCUT2D eigenvalue weighted by atomic mass is 10.1. The number of carbonyl (C=O) groups is 1. The van der Waals surface area contributed by atoms with Crippen LogP contribution in [0, 0.1) is 6.92 Å². The van der Waals surface area contributed by atoms with E-state index in [9.17, 15) is 9.59 Å². The second kappa shape index (κ2) is 6.27. The zero-order valence-corrected chi connectivity index (χ0v) is 12.4. The van der Waals surface area contributed by atoms with E-state index in [2.05, 4.69) is 10.5 Å². The molecule has 0 bridgehead atoms. The Balaban J connectivity index is 1.81. The molecule has 0 atom stereocenters. The van der Waals surface area contributed by atoms with Crippen molar-refractivity contribution in [3.05, 3.63) is 81.7 Å². The Morgan fingerprint density at radius 1 is 1.13 bits per heavy atom. The van der Waals surface area contributed by atoms with Gasteiger partial charge in [-0.25, -0.2) is 5.43 Å². The summed E-state index contributed by atoms with van der Waals surface area (Å²) < 4.78 is 5.38. The average Bonchev–Trinajstić information content (AvgIpc) is 2.57. The number of benzene rings is 2. The lowest BCUT2D eigenvalue weighted by Gasteiger charge is -2.03. The number of hydrogen-bond acceptors (Lipinski definition) is 4. The summed E-state index contributed by atoms with van der Waals surface area (Å²) in [5, 5.41) is 4.32. The Morgan fingerprint density at radius 2 is 1.87 bits per heavy atom. The topological polar surface area (TPSA) is 71.7 Å². The van der Waals surface area contributed by atoms with E-state index >= 15 is 0 Å². The number of aryl methyl sites for hydroxylation is 1. The summed E-state index contributed by atoms with van der Waals surface area (Å²) in [5.41, 5.74) is 4.39. The summed E-state index contributed by atoms with van der Waals surface area (Å²) in [5.74, 6) is -0.329. The van der Waals surface area contributed by atoms with Crippen molar-refractivity contribution >= 4 is 23.1 Å². The van der Waals surface area contributed by atoms with E-state index in [-0.39, 0.29) is 16.9 Å². The van der Waals surface area contributed by atoms with Crippen molar-refractivity contribution in [2.75, 3.05) is 0 Å². The summed E-state index contributed by atoms with van der Waals surface area (Å²) in [4.78, 5) is 24.3. The van der Waals surface area contributed by atoms with Gasteiger partial charge in [-0.05, 0) is 30.7 Å². The molecular formula is C18H14N2O3. The molecule has 0 saturated heterocycles. The van der Waals surface area contributed by atoms with Crippen LogP contribution in [0.25, 0.3) is 11.0 Å². The first-order valence-corrected chi connectivity index (χ1v) is 7.06. The van der Waals surface area contributed by atoms with E-state index in [4.69, 9.17) is 4.42 Å². The zero-order valence-electron chi connectivity index (χ0n) is 12.4. The number of hydrogen-bond donors (Lipinski definition) is 1. The van der Waals surface area contributed by atoms with E-state index in [0.717, 1.165) is 5.56 Å². The maximum atomic E-state index is 12.3. The second-order valence-electron chi connectivity index (χ2n) is 5.03. The van der Waals surface area contributed by atoms with Crippen molar-refractivity contribution in [3.63, 3.8) is 0 Å². The fourth-order valence-electron chi connectivity index (χ4n) is 2.23. The normalized spacial score (nSPS) is 11.0.